The summed E-state index contributed by atoms with van der Waals surface area (Å²) in [4.78, 5) is 22.1. The van der Waals surface area contributed by atoms with Gasteiger partial charge in [-0.2, -0.15) is 0 Å². The highest BCUT2D eigenvalue weighted by molar-refractivity contribution is 5.72. The summed E-state index contributed by atoms with van der Waals surface area (Å²) in [6.07, 6.45) is 7.39. The maximum atomic E-state index is 11.5. The molecule has 1 unspecified atom stereocenters. The first-order valence-electron chi connectivity index (χ1n) is 9.02. The Kier molecular flexibility index (Phi) is 11.1. The predicted octanol–water partition coefficient (Wildman–Crippen LogP) is 3.45. The maximum Gasteiger partial charge on any atom is 0.407 e. The second-order valence-corrected chi connectivity index (χ2v) is 6.20. The van der Waals surface area contributed by atoms with Crippen LogP contribution in [0.3, 0.4) is 0 Å². The highest BCUT2D eigenvalue weighted by Crippen LogP contribution is 2.09. The first-order valence-corrected chi connectivity index (χ1v) is 9.02. The van der Waals surface area contributed by atoms with Crippen molar-refractivity contribution in [2.75, 3.05) is 6.54 Å². The van der Waals surface area contributed by atoms with E-state index >= 15 is 0 Å². The summed E-state index contributed by atoms with van der Waals surface area (Å²) in [5.41, 5.74) is 6.42. The molecule has 1 rings (SSSR count). The van der Waals surface area contributed by atoms with Crippen LogP contribution in [0.2, 0.25) is 0 Å². The average molecular weight is 350 g/mol. The minimum Gasteiger partial charge on any atom is -0.480 e. The zero-order valence-corrected chi connectivity index (χ0v) is 14.8. The standard InChI is InChI=1S/C19H30N2O4/c20-17(18(22)23)13-9-4-2-1-3-5-10-14-21-19(24)25-15-16-11-7-6-8-12-16/h6-8,11-12,17H,1-5,9-10,13-15,20H2,(H,21,24)(H,22,23). The van der Waals surface area contributed by atoms with Crippen molar-refractivity contribution in [1.29, 1.82) is 0 Å². The fraction of sp³-hybridized carbons (Fsp3) is 0.579. The SMILES string of the molecule is NC(CCCCCCCCCNC(=O)OCc1ccccc1)C(=O)O. The van der Waals surface area contributed by atoms with Crippen molar-refractivity contribution >= 4 is 12.1 Å². The van der Waals surface area contributed by atoms with Gasteiger partial charge >= 0.3 is 12.1 Å². The van der Waals surface area contributed by atoms with Gasteiger partial charge in [-0.1, -0.05) is 68.9 Å². The van der Waals surface area contributed by atoms with Gasteiger partial charge in [-0.05, 0) is 18.4 Å². The number of benzene rings is 1. The van der Waals surface area contributed by atoms with Crippen LogP contribution in [0.1, 0.15) is 56.9 Å². The largest absolute Gasteiger partial charge is 0.480 e. The van der Waals surface area contributed by atoms with Gasteiger partial charge in [0.2, 0.25) is 0 Å². The van der Waals surface area contributed by atoms with Gasteiger partial charge in [0.15, 0.2) is 0 Å². The Morgan fingerprint density at radius 1 is 1.00 bits per heavy atom. The molecule has 0 heterocycles. The second kappa shape index (κ2) is 13.2. The third kappa shape index (κ3) is 11.2. The van der Waals surface area contributed by atoms with Crippen LogP contribution in [0.5, 0.6) is 0 Å². The number of alkyl carbamates (subject to hydrolysis) is 1. The lowest BCUT2D eigenvalue weighted by Crippen LogP contribution is -2.29. The number of carbonyl (C=O) groups excluding carboxylic acids is 1. The minimum absolute atomic E-state index is 0.290. The van der Waals surface area contributed by atoms with Crippen molar-refractivity contribution in [3.05, 3.63) is 35.9 Å². The predicted molar refractivity (Wildman–Crippen MR) is 97.2 cm³/mol. The van der Waals surface area contributed by atoms with Crippen LogP contribution in [-0.4, -0.2) is 29.8 Å². The first kappa shape index (κ1) is 21.0. The molecular formula is C19H30N2O4. The van der Waals surface area contributed by atoms with E-state index < -0.39 is 12.0 Å². The van der Waals surface area contributed by atoms with Gasteiger partial charge in [0.1, 0.15) is 12.6 Å². The number of nitrogens with two attached hydrogens (primary N) is 1. The van der Waals surface area contributed by atoms with Gasteiger partial charge in [0.25, 0.3) is 0 Å². The Bertz CT molecular complexity index is 493. The van der Waals surface area contributed by atoms with Crippen molar-refractivity contribution in [1.82, 2.24) is 5.32 Å². The molecule has 140 valence electrons. The van der Waals surface area contributed by atoms with Gasteiger partial charge in [-0.15, -0.1) is 0 Å². The molecule has 6 nitrogen and oxygen atoms in total. The molecule has 0 saturated carbocycles. The lowest BCUT2D eigenvalue weighted by Gasteiger charge is -2.07. The summed E-state index contributed by atoms with van der Waals surface area (Å²) in [6.45, 7) is 0.916. The van der Waals surface area contributed by atoms with Crippen LogP contribution in [-0.2, 0) is 16.1 Å². The van der Waals surface area contributed by atoms with Gasteiger partial charge in [0.05, 0.1) is 0 Å². The molecule has 0 aromatic heterocycles. The molecule has 0 spiro atoms. The van der Waals surface area contributed by atoms with E-state index in [2.05, 4.69) is 5.32 Å². The molecular weight excluding hydrogens is 320 g/mol. The molecule has 1 amide bonds. The van der Waals surface area contributed by atoms with E-state index in [1.54, 1.807) is 0 Å². The quantitative estimate of drug-likeness (QED) is 0.473. The number of ether oxygens (including phenoxy) is 1. The summed E-state index contributed by atoms with van der Waals surface area (Å²) < 4.78 is 5.13. The number of hydrogen-bond acceptors (Lipinski definition) is 4. The molecule has 25 heavy (non-hydrogen) atoms. The zero-order valence-electron chi connectivity index (χ0n) is 14.8. The van der Waals surface area contributed by atoms with E-state index in [0.717, 1.165) is 50.5 Å². The van der Waals surface area contributed by atoms with Gasteiger partial charge in [0, 0.05) is 6.54 Å². The maximum absolute atomic E-state index is 11.5. The molecule has 0 saturated heterocycles. The molecule has 0 aliphatic carbocycles. The Morgan fingerprint density at radius 3 is 2.24 bits per heavy atom. The van der Waals surface area contributed by atoms with Crippen molar-refractivity contribution < 1.29 is 19.4 Å². The Labute approximate surface area is 149 Å². The van der Waals surface area contributed by atoms with E-state index in [9.17, 15) is 9.59 Å². The average Bonchev–Trinajstić information content (AvgIpc) is 2.62. The molecule has 0 bridgehead atoms. The Hall–Kier alpha value is -2.08. The molecule has 1 atom stereocenters. The van der Waals surface area contributed by atoms with E-state index in [1.807, 2.05) is 30.3 Å². The van der Waals surface area contributed by atoms with Crippen LogP contribution in [0.15, 0.2) is 30.3 Å². The van der Waals surface area contributed by atoms with E-state index in [4.69, 9.17) is 15.6 Å². The first-order chi connectivity index (χ1) is 12.1. The molecule has 4 N–H and O–H groups in total. The van der Waals surface area contributed by atoms with Crippen LogP contribution in [0.25, 0.3) is 0 Å². The molecule has 0 aliphatic heterocycles. The van der Waals surface area contributed by atoms with Crippen LogP contribution in [0, 0.1) is 0 Å². The van der Waals surface area contributed by atoms with E-state index in [1.165, 1.54) is 0 Å². The molecule has 0 radical (unpaired) electrons. The van der Waals surface area contributed by atoms with Crippen molar-refractivity contribution in [2.45, 2.75) is 64.0 Å². The molecule has 0 fully saturated rings. The lowest BCUT2D eigenvalue weighted by molar-refractivity contribution is -0.138. The number of carboxylic acids is 1. The fourth-order valence-corrected chi connectivity index (χ4v) is 2.46. The molecule has 1 aromatic carbocycles. The highest BCUT2D eigenvalue weighted by Gasteiger charge is 2.09. The van der Waals surface area contributed by atoms with Crippen LogP contribution in [0.4, 0.5) is 4.79 Å². The zero-order chi connectivity index (χ0) is 18.3. The number of hydrogen-bond donors (Lipinski definition) is 3. The van der Waals surface area contributed by atoms with Gasteiger partial charge in [-0.25, -0.2) is 4.79 Å². The normalized spacial score (nSPS) is 11.7. The van der Waals surface area contributed by atoms with E-state index in [-0.39, 0.29) is 12.7 Å². The second-order valence-electron chi connectivity index (χ2n) is 6.20. The summed E-state index contributed by atoms with van der Waals surface area (Å²) in [6, 6.07) is 8.86. The lowest BCUT2D eigenvalue weighted by atomic mass is 10.1. The number of carboxylic acid groups (broad SMARTS) is 1. The number of rotatable bonds is 13. The van der Waals surface area contributed by atoms with Gasteiger partial charge < -0.3 is 20.9 Å². The summed E-state index contributed by atoms with van der Waals surface area (Å²) >= 11 is 0. The Balaban J connectivity index is 1.86. The minimum atomic E-state index is -0.921. The number of carbonyl (C=O) groups is 2. The van der Waals surface area contributed by atoms with Gasteiger partial charge in [-0.3, -0.25) is 4.79 Å². The highest BCUT2D eigenvalue weighted by atomic mass is 16.5. The number of unbranched alkanes of at least 4 members (excludes halogenated alkanes) is 6. The monoisotopic (exact) mass is 350 g/mol. The molecule has 1 aromatic rings. The van der Waals surface area contributed by atoms with Crippen molar-refractivity contribution in [3.63, 3.8) is 0 Å². The van der Waals surface area contributed by atoms with Crippen LogP contribution < -0.4 is 11.1 Å². The number of amides is 1. The number of nitrogens with one attached hydrogen (secondary N) is 1. The third-order valence-corrected chi connectivity index (χ3v) is 3.99. The third-order valence-electron chi connectivity index (χ3n) is 3.99. The summed E-state index contributed by atoms with van der Waals surface area (Å²) in [7, 11) is 0. The smallest absolute Gasteiger partial charge is 0.407 e. The summed E-state index contributed by atoms with van der Waals surface area (Å²) in [5, 5.41) is 11.4. The summed E-state index contributed by atoms with van der Waals surface area (Å²) in [5.74, 6) is -0.921. The fourth-order valence-electron chi connectivity index (χ4n) is 2.46. The number of aliphatic carboxylic acids is 1. The van der Waals surface area contributed by atoms with E-state index in [0.29, 0.717) is 13.0 Å². The van der Waals surface area contributed by atoms with Crippen LogP contribution >= 0.6 is 0 Å². The Morgan fingerprint density at radius 2 is 1.60 bits per heavy atom. The topological polar surface area (TPSA) is 102 Å². The molecule has 0 aliphatic rings. The van der Waals surface area contributed by atoms with Crippen molar-refractivity contribution in [3.8, 4) is 0 Å². The van der Waals surface area contributed by atoms with Crippen molar-refractivity contribution in [2.24, 2.45) is 5.73 Å². The molecule has 6 heteroatoms.